The highest BCUT2D eigenvalue weighted by molar-refractivity contribution is 6.33. The highest BCUT2D eigenvalue weighted by atomic mass is 35.5. The van der Waals surface area contributed by atoms with E-state index in [9.17, 15) is 4.79 Å². The van der Waals surface area contributed by atoms with Crippen LogP contribution in [0, 0.1) is 0 Å². The van der Waals surface area contributed by atoms with Gasteiger partial charge in [0, 0.05) is 13.7 Å². The molecule has 2 amide bonds. The Kier molecular flexibility index (Phi) is 6.08. The fourth-order valence-electron chi connectivity index (χ4n) is 1.73. The van der Waals surface area contributed by atoms with Gasteiger partial charge < -0.3 is 20.5 Å². The van der Waals surface area contributed by atoms with Crippen LogP contribution in [0.5, 0.6) is 0 Å². The van der Waals surface area contributed by atoms with Gasteiger partial charge in [-0.05, 0) is 25.5 Å². The average molecular weight is 287 g/mol. The summed E-state index contributed by atoms with van der Waals surface area (Å²) in [5.41, 5.74) is -0.0973. The van der Waals surface area contributed by atoms with Crippen molar-refractivity contribution >= 4 is 23.3 Å². The summed E-state index contributed by atoms with van der Waals surface area (Å²) in [4.78, 5) is 11.9. The van der Waals surface area contributed by atoms with Crippen LogP contribution in [0.3, 0.4) is 0 Å². The van der Waals surface area contributed by atoms with Crippen LogP contribution in [-0.2, 0) is 4.74 Å². The molecule has 3 N–H and O–H groups in total. The third kappa shape index (κ3) is 5.06. The molecule has 19 heavy (non-hydrogen) atoms. The molecule has 0 spiro atoms. The Hall–Kier alpha value is -1.30. The minimum Gasteiger partial charge on any atom is -0.396 e. The average Bonchev–Trinajstić information content (AvgIpc) is 2.32. The normalized spacial score (nSPS) is 13.7. The van der Waals surface area contributed by atoms with Crippen LogP contribution in [0.2, 0.25) is 5.02 Å². The molecule has 1 unspecified atom stereocenters. The predicted molar refractivity (Wildman–Crippen MR) is 75.6 cm³/mol. The van der Waals surface area contributed by atoms with E-state index in [0.717, 1.165) is 0 Å². The molecule has 106 valence electrons. The number of amides is 2. The molecule has 0 heterocycles. The van der Waals surface area contributed by atoms with Gasteiger partial charge in [-0.15, -0.1) is 0 Å². The number of halogens is 1. The fraction of sp³-hybridized carbons (Fsp3) is 0.462. The van der Waals surface area contributed by atoms with E-state index in [-0.39, 0.29) is 12.6 Å². The van der Waals surface area contributed by atoms with Gasteiger partial charge in [0.25, 0.3) is 0 Å². The zero-order valence-corrected chi connectivity index (χ0v) is 11.8. The van der Waals surface area contributed by atoms with Gasteiger partial charge in [-0.2, -0.15) is 0 Å². The first-order valence-electron chi connectivity index (χ1n) is 5.94. The van der Waals surface area contributed by atoms with Gasteiger partial charge in [0.15, 0.2) is 0 Å². The van der Waals surface area contributed by atoms with Crippen molar-refractivity contribution in [3.8, 4) is 0 Å². The fourth-order valence-corrected chi connectivity index (χ4v) is 1.91. The highest BCUT2D eigenvalue weighted by Gasteiger charge is 2.26. The van der Waals surface area contributed by atoms with E-state index in [4.69, 9.17) is 21.4 Å². The van der Waals surface area contributed by atoms with E-state index in [1.54, 1.807) is 38.3 Å². The molecule has 0 bridgehead atoms. The third-order valence-electron chi connectivity index (χ3n) is 2.66. The number of rotatable bonds is 6. The molecular weight excluding hydrogens is 268 g/mol. The molecule has 0 fully saturated rings. The number of aliphatic hydroxyl groups is 1. The van der Waals surface area contributed by atoms with Crippen LogP contribution in [0.1, 0.15) is 13.3 Å². The van der Waals surface area contributed by atoms with E-state index in [1.165, 1.54) is 0 Å². The second-order valence-corrected chi connectivity index (χ2v) is 4.93. The second-order valence-electron chi connectivity index (χ2n) is 4.53. The maximum Gasteiger partial charge on any atom is 0.319 e. The molecule has 6 heteroatoms. The van der Waals surface area contributed by atoms with Gasteiger partial charge in [-0.25, -0.2) is 4.79 Å². The Morgan fingerprint density at radius 2 is 2.16 bits per heavy atom. The maximum absolute atomic E-state index is 11.9. The number of methoxy groups -OCH3 is 1. The molecule has 0 radical (unpaired) electrons. The van der Waals surface area contributed by atoms with E-state index < -0.39 is 5.54 Å². The first-order chi connectivity index (χ1) is 9.00. The number of para-hydroxylation sites is 1. The van der Waals surface area contributed by atoms with E-state index in [2.05, 4.69) is 10.6 Å². The van der Waals surface area contributed by atoms with Crippen LogP contribution < -0.4 is 10.6 Å². The minimum absolute atomic E-state index is 0.0355. The Labute approximate surface area is 117 Å². The summed E-state index contributed by atoms with van der Waals surface area (Å²) in [6, 6.07) is 6.58. The zero-order valence-electron chi connectivity index (χ0n) is 11.1. The molecule has 0 aliphatic carbocycles. The Morgan fingerprint density at radius 1 is 1.47 bits per heavy atom. The standard InChI is InChI=1S/C13H19ClN2O3/c1-13(7-8-17,9-19-2)16-12(18)15-11-6-4-3-5-10(11)14/h3-6,17H,7-9H2,1-2H3,(H2,15,16,18). The molecule has 0 aliphatic rings. The van der Waals surface area contributed by atoms with Gasteiger partial charge in [-0.1, -0.05) is 23.7 Å². The Balaban J connectivity index is 2.65. The number of urea groups is 1. The van der Waals surface area contributed by atoms with Crippen molar-refractivity contribution in [2.45, 2.75) is 18.9 Å². The number of nitrogens with one attached hydrogen (secondary N) is 2. The lowest BCUT2D eigenvalue weighted by atomic mass is 10.00. The Morgan fingerprint density at radius 3 is 2.74 bits per heavy atom. The number of carbonyl (C=O) groups is 1. The zero-order chi connectivity index (χ0) is 14.3. The SMILES string of the molecule is COCC(C)(CCO)NC(=O)Nc1ccccc1Cl. The molecular formula is C13H19ClN2O3. The number of hydrogen-bond acceptors (Lipinski definition) is 3. The van der Waals surface area contributed by atoms with Gasteiger partial charge >= 0.3 is 6.03 Å². The third-order valence-corrected chi connectivity index (χ3v) is 2.99. The molecule has 0 aromatic heterocycles. The van der Waals surface area contributed by atoms with Crippen LogP contribution in [0.25, 0.3) is 0 Å². The summed E-state index contributed by atoms with van der Waals surface area (Å²) < 4.78 is 5.05. The summed E-state index contributed by atoms with van der Waals surface area (Å²) >= 11 is 5.95. The van der Waals surface area contributed by atoms with Crippen molar-refractivity contribution in [1.29, 1.82) is 0 Å². The van der Waals surface area contributed by atoms with Crippen molar-refractivity contribution in [3.05, 3.63) is 29.3 Å². The van der Waals surface area contributed by atoms with Crippen molar-refractivity contribution in [3.63, 3.8) is 0 Å². The summed E-state index contributed by atoms with van der Waals surface area (Å²) in [5, 5.41) is 14.9. The van der Waals surface area contributed by atoms with E-state index in [0.29, 0.717) is 23.7 Å². The molecule has 1 rings (SSSR count). The van der Waals surface area contributed by atoms with Crippen molar-refractivity contribution in [2.75, 3.05) is 25.6 Å². The Bertz CT molecular complexity index is 420. The molecule has 0 saturated carbocycles. The van der Waals surface area contributed by atoms with Crippen molar-refractivity contribution in [2.24, 2.45) is 0 Å². The van der Waals surface area contributed by atoms with Gasteiger partial charge in [0.2, 0.25) is 0 Å². The number of hydrogen-bond donors (Lipinski definition) is 3. The summed E-state index contributed by atoms with van der Waals surface area (Å²) in [7, 11) is 1.54. The molecule has 1 aromatic carbocycles. The van der Waals surface area contributed by atoms with E-state index >= 15 is 0 Å². The number of carbonyl (C=O) groups excluding carboxylic acids is 1. The number of ether oxygens (including phenoxy) is 1. The predicted octanol–water partition coefficient (Wildman–Crippen LogP) is 2.25. The monoisotopic (exact) mass is 286 g/mol. The highest BCUT2D eigenvalue weighted by Crippen LogP contribution is 2.20. The first-order valence-corrected chi connectivity index (χ1v) is 6.32. The van der Waals surface area contributed by atoms with Crippen LogP contribution in [0.4, 0.5) is 10.5 Å². The molecule has 1 atom stereocenters. The maximum atomic E-state index is 11.9. The quantitative estimate of drug-likeness (QED) is 0.751. The minimum atomic E-state index is -0.630. The molecule has 1 aromatic rings. The van der Waals surface area contributed by atoms with Crippen molar-refractivity contribution in [1.82, 2.24) is 5.32 Å². The molecule has 5 nitrogen and oxygen atoms in total. The van der Waals surface area contributed by atoms with Crippen LogP contribution in [-0.4, -0.2) is 37.0 Å². The van der Waals surface area contributed by atoms with Crippen LogP contribution in [0.15, 0.2) is 24.3 Å². The van der Waals surface area contributed by atoms with Gasteiger partial charge in [0.05, 0.1) is 22.9 Å². The molecule has 0 aliphatic heterocycles. The van der Waals surface area contributed by atoms with Gasteiger partial charge in [-0.3, -0.25) is 0 Å². The summed E-state index contributed by atoms with van der Waals surface area (Å²) in [6.45, 7) is 2.08. The van der Waals surface area contributed by atoms with E-state index in [1.807, 2.05) is 0 Å². The largest absolute Gasteiger partial charge is 0.396 e. The topological polar surface area (TPSA) is 70.6 Å². The summed E-state index contributed by atoms with van der Waals surface area (Å²) in [6.07, 6.45) is 0.400. The second kappa shape index (κ2) is 7.33. The smallest absolute Gasteiger partial charge is 0.319 e. The van der Waals surface area contributed by atoms with Gasteiger partial charge in [0.1, 0.15) is 0 Å². The first kappa shape index (κ1) is 15.8. The molecule has 0 saturated heterocycles. The summed E-state index contributed by atoms with van der Waals surface area (Å²) in [5.74, 6) is 0. The number of anilines is 1. The van der Waals surface area contributed by atoms with Crippen LogP contribution >= 0.6 is 11.6 Å². The number of benzene rings is 1. The van der Waals surface area contributed by atoms with Crippen molar-refractivity contribution < 1.29 is 14.6 Å². The lowest BCUT2D eigenvalue weighted by Crippen LogP contribution is -2.51. The number of aliphatic hydroxyl groups excluding tert-OH is 1. The lowest BCUT2D eigenvalue weighted by molar-refractivity contribution is 0.104. The lowest BCUT2D eigenvalue weighted by Gasteiger charge is -2.29.